The topological polar surface area (TPSA) is 109 Å². The minimum absolute atomic E-state index is 0.0478. The van der Waals surface area contributed by atoms with Crippen LogP contribution in [0.5, 0.6) is 11.6 Å². The third-order valence-corrected chi connectivity index (χ3v) is 4.33. The normalized spacial score (nSPS) is 11.4. The first-order chi connectivity index (χ1) is 15.1. The summed E-state index contributed by atoms with van der Waals surface area (Å²) in [6.45, 7) is -0.0478. The van der Waals surface area contributed by atoms with Crippen LogP contribution >= 0.6 is 11.6 Å². The fraction of sp³-hybridized carbons (Fsp3) is 0.0476. The van der Waals surface area contributed by atoms with Gasteiger partial charge in [0.1, 0.15) is 11.6 Å². The van der Waals surface area contributed by atoms with Gasteiger partial charge in [-0.3, -0.25) is 0 Å². The summed E-state index contributed by atoms with van der Waals surface area (Å²) < 4.78 is 23.7. The molecule has 0 radical (unpaired) electrons. The van der Waals surface area contributed by atoms with Gasteiger partial charge in [-0.1, -0.05) is 34.0 Å². The third-order valence-electron chi connectivity index (χ3n) is 4.00. The van der Waals surface area contributed by atoms with Crippen LogP contribution in [0.2, 0.25) is 5.02 Å². The van der Waals surface area contributed by atoms with Crippen molar-refractivity contribution in [2.24, 2.45) is 10.9 Å². The molecule has 4 rings (SSSR count). The standard InChI is InChI=1S/C21H15ClFN5O3/c22-17-4-2-1-3-16(17)21-26-18(27-31-21)12-29-28-20(24)13-5-10-19(25-11-13)30-15-8-6-14(23)7-9-15/h1-11H,12H2,(H2,24,28). The molecule has 2 aromatic carbocycles. The molecular formula is C21H15ClFN5O3. The van der Waals surface area contributed by atoms with E-state index in [2.05, 4.69) is 20.3 Å². The Morgan fingerprint density at radius 1 is 1.10 bits per heavy atom. The molecule has 0 atom stereocenters. The van der Waals surface area contributed by atoms with Gasteiger partial charge in [0.05, 0.1) is 10.6 Å². The van der Waals surface area contributed by atoms with Crippen LogP contribution in [0, 0.1) is 5.82 Å². The zero-order valence-electron chi connectivity index (χ0n) is 15.9. The lowest BCUT2D eigenvalue weighted by atomic mass is 10.2. The van der Waals surface area contributed by atoms with Crippen molar-refractivity contribution in [3.05, 3.63) is 89.1 Å². The maximum absolute atomic E-state index is 12.9. The number of ether oxygens (including phenoxy) is 1. The highest BCUT2D eigenvalue weighted by Crippen LogP contribution is 2.26. The van der Waals surface area contributed by atoms with E-state index in [1.165, 1.54) is 30.5 Å². The van der Waals surface area contributed by atoms with Gasteiger partial charge in [-0.2, -0.15) is 4.98 Å². The fourth-order valence-electron chi connectivity index (χ4n) is 2.48. The Morgan fingerprint density at radius 2 is 1.90 bits per heavy atom. The van der Waals surface area contributed by atoms with Crippen molar-refractivity contribution in [2.45, 2.75) is 6.61 Å². The Morgan fingerprint density at radius 3 is 2.65 bits per heavy atom. The Hall–Kier alpha value is -3.98. The first-order valence-corrected chi connectivity index (χ1v) is 9.39. The maximum Gasteiger partial charge on any atom is 0.259 e. The average molecular weight is 440 g/mol. The van der Waals surface area contributed by atoms with Crippen LogP contribution in [0.1, 0.15) is 11.4 Å². The van der Waals surface area contributed by atoms with Crippen molar-refractivity contribution in [1.29, 1.82) is 0 Å². The summed E-state index contributed by atoms with van der Waals surface area (Å²) in [5, 5.41) is 8.17. The molecule has 10 heteroatoms. The highest BCUT2D eigenvalue weighted by molar-refractivity contribution is 6.33. The van der Waals surface area contributed by atoms with Crippen LogP contribution in [0.25, 0.3) is 11.5 Å². The van der Waals surface area contributed by atoms with E-state index in [-0.39, 0.29) is 30.0 Å². The lowest BCUT2D eigenvalue weighted by molar-refractivity contribution is 0.122. The molecular weight excluding hydrogens is 425 g/mol. The Balaban J connectivity index is 1.34. The van der Waals surface area contributed by atoms with Crippen LogP contribution in [0.4, 0.5) is 4.39 Å². The second kappa shape index (κ2) is 9.23. The Bertz CT molecular complexity index is 1200. The van der Waals surface area contributed by atoms with E-state index in [1.54, 1.807) is 30.3 Å². The molecule has 4 aromatic rings. The monoisotopic (exact) mass is 439 g/mol. The van der Waals surface area contributed by atoms with Gasteiger partial charge in [0, 0.05) is 17.8 Å². The highest BCUT2D eigenvalue weighted by atomic mass is 35.5. The van der Waals surface area contributed by atoms with Crippen molar-refractivity contribution in [1.82, 2.24) is 15.1 Å². The summed E-state index contributed by atoms with van der Waals surface area (Å²) in [7, 11) is 0. The number of hydrogen-bond donors (Lipinski definition) is 1. The minimum Gasteiger partial charge on any atom is -0.439 e. The lowest BCUT2D eigenvalue weighted by Crippen LogP contribution is -2.14. The fourth-order valence-corrected chi connectivity index (χ4v) is 2.70. The molecule has 0 amide bonds. The van der Waals surface area contributed by atoms with E-state index in [4.69, 9.17) is 31.4 Å². The van der Waals surface area contributed by atoms with Gasteiger partial charge < -0.3 is 19.8 Å². The third kappa shape index (κ3) is 5.14. The number of amidine groups is 1. The van der Waals surface area contributed by atoms with Crippen molar-refractivity contribution < 1.29 is 18.5 Å². The smallest absolute Gasteiger partial charge is 0.259 e. The zero-order chi connectivity index (χ0) is 21.6. The van der Waals surface area contributed by atoms with Crippen LogP contribution in [0.3, 0.4) is 0 Å². The van der Waals surface area contributed by atoms with Gasteiger partial charge >= 0.3 is 0 Å². The lowest BCUT2D eigenvalue weighted by Gasteiger charge is -2.05. The van der Waals surface area contributed by atoms with Crippen molar-refractivity contribution >= 4 is 17.4 Å². The molecule has 0 aliphatic rings. The molecule has 156 valence electrons. The van der Waals surface area contributed by atoms with E-state index in [9.17, 15) is 4.39 Å². The minimum atomic E-state index is -0.347. The number of rotatable bonds is 7. The molecule has 2 aromatic heterocycles. The molecule has 0 spiro atoms. The molecule has 0 saturated heterocycles. The van der Waals surface area contributed by atoms with Gasteiger partial charge in [-0.25, -0.2) is 9.37 Å². The van der Waals surface area contributed by atoms with E-state index < -0.39 is 0 Å². The molecule has 0 aliphatic carbocycles. The van der Waals surface area contributed by atoms with Gasteiger partial charge in [0.25, 0.3) is 5.89 Å². The molecule has 2 N–H and O–H groups in total. The maximum atomic E-state index is 12.9. The second-order valence-corrected chi connectivity index (χ2v) is 6.59. The van der Waals surface area contributed by atoms with E-state index in [0.29, 0.717) is 27.8 Å². The first kappa shape index (κ1) is 20.3. The highest BCUT2D eigenvalue weighted by Gasteiger charge is 2.12. The molecule has 0 fully saturated rings. The molecule has 8 nitrogen and oxygen atoms in total. The Labute approximate surface area is 181 Å². The van der Waals surface area contributed by atoms with Gasteiger partial charge in [0.15, 0.2) is 12.4 Å². The molecule has 0 unspecified atom stereocenters. The van der Waals surface area contributed by atoms with Gasteiger partial charge in [0.2, 0.25) is 11.7 Å². The largest absolute Gasteiger partial charge is 0.439 e. The predicted molar refractivity (Wildman–Crippen MR) is 111 cm³/mol. The number of halogens is 2. The molecule has 31 heavy (non-hydrogen) atoms. The van der Waals surface area contributed by atoms with Gasteiger partial charge in [-0.15, -0.1) is 0 Å². The number of nitrogens with two attached hydrogens (primary N) is 1. The van der Waals surface area contributed by atoms with Crippen LogP contribution in [0.15, 0.2) is 76.5 Å². The first-order valence-electron chi connectivity index (χ1n) is 9.01. The number of aromatic nitrogens is 3. The van der Waals surface area contributed by atoms with E-state index >= 15 is 0 Å². The average Bonchev–Trinajstić information content (AvgIpc) is 3.25. The molecule has 2 heterocycles. The number of hydrogen-bond acceptors (Lipinski definition) is 7. The summed E-state index contributed by atoms with van der Waals surface area (Å²) >= 11 is 6.12. The molecule has 0 bridgehead atoms. The van der Waals surface area contributed by atoms with E-state index in [1.807, 2.05) is 6.07 Å². The SMILES string of the molecule is N/C(=N/OCc1noc(-c2ccccc2Cl)n1)c1ccc(Oc2ccc(F)cc2)nc1. The summed E-state index contributed by atoms with van der Waals surface area (Å²) in [5.74, 6) is 1.11. The summed E-state index contributed by atoms with van der Waals surface area (Å²) in [4.78, 5) is 13.6. The van der Waals surface area contributed by atoms with Crippen LogP contribution < -0.4 is 10.5 Å². The summed E-state index contributed by atoms with van der Waals surface area (Å²) in [6.07, 6.45) is 1.48. The Kier molecular flexibility index (Phi) is 6.04. The number of oxime groups is 1. The van der Waals surface area contributed by atoms with Crippen molar-refractivity contribution in [3.63, 3.8) is 0 Å². The van der Waals surface area contributed by atoms with Crippen LogP contribution in [-0.2, 0) is 11.4 Å². The zero-order valence-corrected chi connectivity index (χ0v) is 16.7. The number of nitrogens with zero attached hydrogens (tertiary/aromatic N) is 4. The van der Waals surface area contributed by atoms with Gasteiger partial charge in [-0.05, 0) is 42.5 Å². The number of benzene rings is 2. The predicted octanol–water partition coefficient (Wildman–Crippen LogP) is 4.55. The van der Waals surface area contributed by atoms with Crippen LogP contribution in [-0.4, -0.2) is 21.0 Å². The van der Waals surface area contributed by atoms with Crippen molar-refractivity contribution in [2.75, 3.05) is 0 Å². The molecule has 0 aliphatic heterocycles. The quantitative estimate of drug-likeness (QED) is 0.255. The number of pyridine rings is 1. The molecule has 0 saturated carbocycles. The van der Waals surface area contributed by atoms with E-state index in [0.717, 1.165) is 0 Å². The second-order valence-electron chi connectivity index (χ2n) is 6.19. The summed E-state index contributed by atoms with van der Waals surface area (Å²) in [6, 6.07) is 16.0. The van der Waals surface area contributed by atoms with Crippen molar-refractivity contribution in [3.8, 4) is 23.1 Å². The summed E-state index contributed by atoms with van der Waals surface area (Å²) in [5.41, 5.74) is 7.06.